The van der Waals surface area contributed by atoms with Crippen molar-refractivity contribution in [3.05, 3.63) is 23.8 Å². The monoisotopic (exact) mass is 264 g/mol. The van der Waals surface area contributed by atoms with Crippen LogP contribution in [-0.4, -0.2) is 57.6 Å². The van der Waals surface area contributed by atoms with Crippen LogP contribution >= 0.6 is 0 Å². The van der Waals surface area contributed by atoms with Gasteiger partial charge in [0.15, 0.2) is 11.5 Å². The van der Waals surface area contributed by atoms with Crippen LogP contribution in [0.2, 0.25) is 0 Å². The van der Waals surface area contributed by atoms with Crippen LogP contribution in [0, 0.1) is 0 Å². The lowest BCUT2D eigenvalue weighted by Crippen LogP contribution is -2.44. The van der Waals surface area contributed by atoms with E-state index in [0.29, 0.717) is 23.7 Å². The first-order valence-corrected chi connectivity index (χ1v) is 6.52. The van der Waals surface area contributed by atoms with Crippen molar-refractivity contribution in [2.24, 2.45) is 0 Å². The van der Waals surface area contributed by atoms with Gasteiger partial charge in [-0.25, -0.2) is 0 Å². The van der Waals surface area contributed by atoms with Gasteiger partial charge in [-0.05, 0) is 18.2 Å². The van der Waals surface area contributed by atoms with E-state index in [0.717, 1.165) is 39.0 Å². The molecule has 0 bridgehead atoms. The number of aldehydes is 1. The quantitative estimate of drug-likeness (QED) is 0.770. The molecule has 0 unspecified atom stereocenters. The molecule has 0 atom stereocenters. The summed E-state index contributed by atoms with van der Waals surface area (Å²) in [4.78, 5) is 13.1. The molecule has 1 aromatic rings. The zero-order valence-corrected chi connectivity index (χ0v) is 11.2. The summed E-state index contributed by atoms with van der Waals surface area (Å²) in [5, 5.41) is 3.32. The number of carbonyl (C=O) groups excluding carboxylic acids is 1. The van der Waals surface area contributed by atoms with Gasteiger partial charge in [-0.1, -0.05) is 0 Å². The van der Waals surface area contributed by atoms with Crippen LogP contribution in [0.3, 0.4) is 0 Å². The second-order valence-corrected chi connectivity index (χ2v) is 4.47. The maximum absolute atomic E-state index is 10.7. The highest BCUT2D eigenvalue weighted by Gasteiger charge is 2.10. The zero-order valence-electron chi connectivity index (χ0n) is 11.2. The number of methoxy groups -OCH3 is 1. The van der Waals surface area contributed by atoms with Gasteiger partial charge < -0.3 is 14.8 Å². The minimum Gasteiger partial charge on any atom is -0.493 e. The van der Waals surface area contributed by atoms with E-state index in [1.54, 1.807) is 25.3 Å². The maximum Gasteiger partial charge on any atom is 0.161 e. The van der Waals surface area contributed by atoms with Crippen LogP contribution < -0.4 is 14.8 Å². The van der Waals surface area contributed by atoms with Crippen LogP contribution in [0.4, 0.5) is 0 Å². The summed E-state index contributed by atoms with van der Waals surface area (Å²) in [7, 11) is 1.58. The Bertz CT molecular complexity index is 417. The Kier molecular flexibility index (Phi) is 5.18. The van der Waals surface area contributed by atoms with E-state index in [1.807, 2.05) is 0 Å². The first-order valence-electron chi connectivity index (χ1n) is 6.52. The molecule has 1 aliphatic rings. The highest BCUT2D eigenvalue weighted by molar-refractivity contribution is 5.76. The molecule has 1 aromatic carbocycles. The molecule has 0 radical (unpaired) electrons. The number of nitrogens with zero attached hydrogens (tertiary/aromatic N) is 1. The van der Waals surface area contributed by atoms with E-state index < -0.39 is 0 Å². The van der Waals surface area contributed by atoms with Crippen LogP contribution in [0.15, 0.2) is 18.2 Å². The van der Waals surface area contributed by atoms with Crippen molar-refractivity contribution < 1.29 is 14.3 Å². The molecule has 0 spiro atoms. The van der Waals surface area contributed by atoms with Crippen molar-refractivity contribution >= 4 is 6.29 Å². The van der Waals surface area contributed by atoms with Gasteiger partial charge in [-0.15, -0.1) is 0 Å². The lowest BCUT2D eigenvalue weighted by molar-refractivity contribution is 0.112. The summed E-state index contributed by atoms with van der Waals surface area (Å²) in [6.45, 7) is 5.72. The van der Waals surface area contributed by atoms with Gasteiger partial charge in [0.05, 0.1) is 7.11 Å². The first-order chi connectivity index (χ1) is 9.33. The van der Waals surface area contributed by atoms with Crippen molar-refractivity contribution in [3.8, 4) is 11.5 Å². The Morgan fingerprint density at radius 1 is 1.32 bits per heavy atom. The van der Waals surface area contributed by atoms with Crippen LogP contribution in [0.1, 0.15) is 10.4 Å². The van der Waals surface area contributed by atoms with E-state index >= 15 is 0 Å². The zero-order chi connectivity index (χ0) is 13.5. The van der Waals surface area contributed by atoms with Gasteiger partial charge >= 0.3 is 0 Å². The third-order valence-corrected chi connectivity index (χ3v) is 3.20. The third-order valence-electron chi connectivity index (χ3n) is 3.20. The molecule has 1 heterocycles. The Hall–Kier alpha value is -1.59. The molecule has 1 fully saturated rings. The Balaban J connectivity index is 1.86. The minimum atomic E-state index is 0.589. The van der Waals surface area contributed by atoms with Gasteiger partial charge in [0.25, 0.3) is 0 Å². The second kappa shape index (κ2) is 7.11. The van der Waals surface area contributed by atoms with Gasteiger partial charge in [0, 0.05) is 38.3 Å². The molecule has 1 N–H and O–H groups in total. The lowest BCUT2D eigenvalue weighted by Gasteiger charge is -2.27. The predicted molar refractivity (Wildman–Crippen MR) is 73.2 cm³/mol. The molecular formula is C14H20N2O3. The lowest BCUT2D eigenvalue weighted by atomic mass is 10.2. The van der Waals surface area contributed by atoms with Crippen LogP contribution in [0.5, 0.6) is 11.5 Å². The molecule has 5 nitrogen and oxygen atoms in total. The number of carbonyl (C=O) groups is 1. The standard InChI is InChI=1S/C14H20N2O3/c1-18-14-10-12(11-17)2-3-13(14)19-9-8-16-6-4-15-5-7-16/h2-3,10-11,15H,4-9H2,1H3. The summed E-state index contributed by atoms with van der Waals surface area (Å²) >= 11 is 0. The van der Waals surface area contributed by atoms with E-state index in [4.69, 9.17) is 9.47 Å². The summed E-state index contributed by atoms with van der Waals surface area (Å²) in [6.07, 6.45) is 0.799. The smallest absolute Gasteiger partial charge is 0.161 e. The Morgan fingerprint density at radius 2 is 2.11 bits per heavy atom. The average molecular weight is 264 g/mol. The molecule has 19 heavy (non-hydrogen) atoms. The fourth-order valence-corrected chi connectivity index (χ4v) is 2.10. The molecule has 0 saturated carbocycles. The maximum atomic E-state index is 10.7. The van der Waals surface area contributed by atoms with Crippen molar-refractivity contribution in [1.29, 1.82) is 0 Å². The van der Waals surface area contributed by atoms with E-state index in [-0.39, 0.29) is 0 Å². The van der Waals surface area contributed by atoms with Crippen molar-refractivity contribution in [2.45, 2.75) is 0 Å². The topological polar surface area (TPSA) is 50.8 Å². The van der Waals surface area contributed by atoms with Crippen molar-refractivity contribution in [2.75, 3.05) is 46.4 Å². The number of hydrogen-bond donors (Lipinski definition) is 1. The number of nitrogens with one attached hydrogen (secondary N) is 1. The normalized spacial score (nSPS) is 16.1. The fourth-order valence-electron chi connectivity index (χ4n) is 2.10. The predicted octanol–water partition coefficient (Wildman–Crippen LogP) is 0.792. The summed E-state index contributed by atoms with van der Waals surface area (Å²) < 4.78 is 11.0. The number of rotatable bonds is 6. The highest BCUT2D eigenvalue weighted by atomic mass is 16.5. The molecule has 2 rings (SSSR count). The SMILES string of the molecule is COc1cc(C=O)ccc1OCCN1CCNCC1. The van der Waals surface area contributed by atoms with Gasteiger partial charge in [0.2, 0.25) is 0 Å². The number of piperazine rings is 1. The molecule has 0 aliphatic carbocycles. The van der Waals surface area contributed by atoms with E-state index in [2.05, 4.69) is 10.2 Å². The van der Waals surface area contributed by atoms with Crippen LogP contribution in [-0.2, 0) is 0 Å². The molecule has 0 aromatic heterocycles. The van der Waals surface area contributed by atoms with Gasteiger partial charge in [0.1, 0.15) is 12.9 Å². The first kappa shape index (κ1) is 13.8. The van der Waals surface area contributed by atoms with Crippen molar-refractivity contribution in [3.63, 3.8) is 0 Å². The van der Waals surface area contributed by atoms with Crippen molar-refractivity contribution in [1.82, 2.24) is 10.2 Å². The van der Waals surface area contributed by atoms with Gasteiger partial charge in [-0.3, -0.25) is 9.69 Å². The van der Waals surface area contributed by atoms with E-state index in [9.17, 15) is 4.79 Å². The summed E-state index contributed by atoms with van der Waals surface area (Å²) in [5.74, 6) is 1.29. The number of ether oxygens (including phenoxy) is 2. The van der Waals surface area contributed by atoms with Gasteiger partial charge in [-0.2, -0.15) is 0 Å². The second-order valence-electron chi connectivity index (χ2n) is 4.47. The minimum absolute atomic E-state index is 0.589. The molecular weight excluding hydrogens is 244 g/mol. The molecule has 5 heteroatoms. The van der Waals surface area contributed by atoms with Crippen LogP contribution in [0.25, 0.3) is 0 Å². The fraction of sp³-hybridized carbons (Fsp3) is 0.500. The molecule has 104 valence electrons. The largest absolute Gasteiger partial charge is 0.493 e. The Labute approximate surface area is 113 Å². The number of hydrogen-bond acceptors (Lipinski definition) is 5. The summed E-state index contributed by atoms with van der Waals surface area (Å²) in [6, 6.07) is 5.20. The highest BCUT2D eigenvalue weighted by Crippen LogP contribution is 2.27. The Morgan fingerprint density at radius 3 is 2.79 bits per heavy atom. The molecule has 1 saturated heterocycles. The third kappa shape index (κ3) is 3.94. The average Bonchev–Trinajstić information content (AvgIpc) is 2.48. The number of benzene rings is 1. The summed E-state index contributed by atoms with van der Waals surface area (Å²) in [5.41, 5.74) is 0.589. The molecule has 1 aliphatic heterocycles. The van der Waals surface area contributed by atoms with E-state index in [1.165, 1.54) is 0 Å². The molecule has 0 amide bonds.